The van der Waals surface area contributed by atoms with Gasteiger partial charge >= 0.3 is 0 Å². The van der Waals surface area contributed by atoms with Crippen molar-refractivity contribution < 1.29 is 4.79 Å². The summed E-state index contributed by atoms with van der Waals surface area (Å²) in [7, 11) is 0. The Kier molecular flexibility index (Phi) is 1.87. The molecule has 1 saturated carbocycles. The van der Waals surface area contributed by atoms with Crippen LogP contribution < -0.4 is 5.73 Å². The van der Waals surface area contributed by atoms with Gasteiger partial charge in [0.15, 0.2) is 0 Å². The molecule has 2 aliphatic carbocycles. The van der Waals surface area contributed by atoms with Crippen molar-refractivity contribution in [2.45, 2.75) is 6.42 Å². The molecule has 0 spiro atoms. The van der Waals surface area contributed by atoms with Gasteiger partial charge in [-0.05, 0) is 24.2 Å². The highest BCUT2D eigenvalue weighted by Gasteiger charge is 2.46. The minimum absolute atomic E-state index is 0.00231. The third kappa shape index (κ3) is 0.977. The maximum atomic E-state index is 11.1. The highest BCUT2D eigenvalue weighted by atomic mass is 35.5. The molecule has 2 bridgehead atoms. The Balaban J connectivity index is 2.23. The van der Waals surface area contributed by atoms with Crippen LogP contribution in [-0.4, -0.2) is 11.8 Å². The van der Waals surface area contributed by atoms with Gasteiger partial charge in [0.1, 0.15) is 0 Å². The Morgan fingerprint density at radius 1 is 1.50 bits per heavy atom. The van der Waals surface area contributed by atoms with Gasteiger partial charge in [0.25, 0.3) is 0 Å². The smallest absolute Gasteiger partial charge is 0.221 e. The second-order valence-electron chi connectivity index (χ2n) is 3.69. The zero-order chi connectivity index (χ0) is 8.72. The van der Waals surface area contributed by atoms with Gasteiger partial charge in [0.2, 0.25) is 5.91 Å². The minimum Gasteiger partial charge on any atom is -0.369 e. The van der Waals surface area contributed by atoms with Gasteiger partial charge in [0, 0.05) is 11.8 Å². The molecular weight excluding hydrogens is 174 g/mol. The van der Waals surface area contributed by atoms with Crippen molar-refractivity contribution in [1.29, 1.82) is 0 Å². The lowest BCUT2D eigenvalue weighted by Crippen LogP contribution is -2.33. The summed E-state index contributed by atoms with van der Waals surface area (Å²) in [6.07, 6.45) is 5.37. The number of carbonyl (C=O) groups excluding carboxylic acids is 1. The molecule has 0 radical (unpaired) electrons. The van der Waals surface area contributed by atoms with E-state index in [-0.39, 0.29) is 11.8 Å². The predicted molar refractivity (Wildman–Crippen MR) is 47.6 cm³/mol. The van der Waals surface area contributed by atoms with E-state index in [1.54, 1.807) is 0 Å². The highest BCUT2D eigenvalue weighted by Crippen LogP contribution is 2.48. The lowest BCUT2D eigenvalue weighted by Gasteiger charge is -2.22. The molecule has 0 aliphatic heterocycles. The maximum absolute atomic E-state index is 11.1. The summed E-state index contributed by atoms with van der Waals surface area (Å²) in [5, 5.41) is 0. The molecule has 2 aliphatic rings. The number of nitrogens with two attached hydrogens (primary N) is 1. The van der Waals surface area contributed by atoms with E-state index < -0.39 is 0 Å². The lowest BCUT2D eigenvalue weighted by atomic mass is 9.84. The molecule has 1 fully saturated rings. The Labute approximate surface area is 76.8 Å². The fourth-order valence-electron chi connectivity index (χ4n) is 2.56. The predicted octanol–water partition coefficient (Wildman–Crippen LogP) is 1.15. The zero-order valence-corrected chi connectivity index (χ0v) is 7.50. The molecule has 4 atom stereocenters. The highest BCUT2D eigenvalue weighted by molar-refractivity contribution is 6.18. The number of alkyl halides is 1. The Morgan fingerprint density at radius 2 is 2.17 bits per heavy atom. The van der Waals surface area contributed by atoms with Crippen LogP contribution in [0, 0.1) is 23.7 Å². The Morgan fingerprint density at radius 3 is 2.67 bits per heavy atom. The average molecular weight is 186 g/mol. The first kappa shape index (κ1) is 8.11. The first-order chi connectivity index (χ1) is 5.74. The van der Waals surface area contributed by atoms with Crippen molar-refractivity contribution in [1.82, 2.24) is 0 Å². The normalized spacial score (nSPS) is 43.8. The third-order valence-electron chi connectivity index (χ3n) is 3.13. The molecule has 0 aromatic heterocycles. The van der Waals surface area contributed by atoms with E-state index in [2.05, 4.69) is 12.2 Å². The monoisotopic (exact) mass is 185 g/mol. The number of carbonyl (C=O) groups is 1. The van der Waals surface area contributed by atoms with Gasteiger partial charge in [-0.2, -0.15) is 0 Å². The fraction of sp³-hybridized carbons (Fsp3) is 0.667. The topological polar surface area (TPSA) is 43.1 Å². The van der Waals surface area contributed by atoms with Crippen molar-refractivity contribution in [2.75, 3.05) is 5.88 Å². The second-order valence-corrected chi connectivity index (χ2v) is 4.00. The quantitative estimate of drug-likeness (QED) is 0.509. The Hall–Kier alpha value is -0.500. The standard InChI is InChI=1S/C9H12ClNO/c10-4-7-5-1-2-6(3-5)8(7)9(11)12/h1-2,5-8H,3-4H2,(H2,11,12)/t5-,6-,7+,8+/m0/s1. The Bertz CT molecular complexity index is 239. The maximum Gasteiger partial charge on any atom is 0.221 e. The van der Waals surface area contributed by atoms with Crippen LogP contribution in [0.25, 0.3) is 0 Å². The molecule has 2 rings (SSSR count). The van der Waals surface area contributed by atoms with E-state index in [1.807, 2.05) is 0 Å². The van der Waals surface area contributed by atoms with E-state index in [9.17, 15) is 4.79 Å². The van der Waals surface area contributed by atoms with E-state index in [4.69, 9.17) is 17.3 Å². The molecule has 0 saturated heterocycles. The van der Waals surface area contributed by atoms with Crippen LogP contribution in [0.1, 0.15) is 6.42 Å². The van der Waals surface area contributed by atoms with Crippen molar-refractivity contribution in [3.05, 3.63) is 12.2 Å². The van der Waals surface area contributed by atoms with Gasteiger partial charge in [-0.25, -0.2) is 0 Å². The third-order valence-corrected chi connectivity index (χ3v) is 3.49. The molecule has 2 N–H and O–H groups in total. The molecule has 0 unspecified atom stereocenters. The summed E-state index contributed by atoms with van der Waals surface area (Å²) < 4.78 is 0. The van der Waals surface area contributed by atoms with Crippen molar-refractivity contribution in [2.24, 2.45) is 29.4 Å². The van der Waals surface area contributed by atoms with Gasteiger partial charge in [-0.1, -0.05) is 12.2 Å². The molecule has 2 nitrogen and oxygen atoms in total. The number of hydrogen-bond donors (Lipinski definition) is 1. The van der Waals surface area contributed by atoms with E-state index >= 15 is 0 Å². The average Bonchev–Trinajstić information content (AvgIpc) is 2.60. The van der Waals surface area contributed by atoms with Gasteiger partial charge in [0.05, 0.1) is 0 Å². The number of halogens is 1. The number of amides is 1. The first-order valence-corrected chi connectivity index (χ1v) is 4.81. The lowest BCUT2D eigenvalue weighted by molar-refractivity contribution is -0.123. The SMILES string of the molecule is NC(=O)[C@H]1[C@H](CCl)[C@H]2C=C[C@H]1C2. The summed E-state index contributed by atoms with van der Waals surface area (Å²) in [5.74, 6) is 1.54. The number of rotatable bonds is 2. The molecule has 3 heteroatoms. The number of primary amides is 1. The van der Waals surface area contributed by atoms with Crippen molar-refractivity contribution in [3.8, 4) is 0 Å². The number of allylic oxidation sites excluding steroid dienone is 2. The van der Waals surface area contributed by atoms with Crippen LogP contribution >= 0.6 is 11.6 Å². The molecule has 0 aromatic rings. The van der Waals surface area contributed by atoms with Crippen LogP contribution in [0.2, 0.25) is 0 Å². The first-order valence-electron chi connectivity index (χ1n) is 4.27. The van der Waals surface area contributed by atoms with Crippen LogP contribution in [-0.2, 0) is 4.79 Å². The molecule has 1 amide bonds. The summed E-state index contributed by atoms with van der Waals surface area (Å²) in [5.41, 5.74) is 5.32. The van der Waals surface area contributed by atoms with Crippen molar-refractivity contribution in [3.63, 3.8) is 0 Å². The summed E-state index contributed by atoms with van der Waals surface area (Å²) >= 11 is 5.80. The molecule has 0 heterocycles. The fourth-order valence-corrected chi connectivity index (χ4v) is 2.98. The van der Waals surface area contributed by atoms with Crippen LogP contribution in [0.4, 0.5) is 0 Å². The molecular formula is C9H12ClNO. The van der Waals surface area contributed by atoms with E-state index in [0.717, 1.165) is 6.42 Å². The van der Waals surface area contributed by atoms with Crippen LogP contribution in [0.5, 0.6) is 0 Å². The number of fused-ring (bicyclic) bond motifs is 2. The van der Waals surface area contributed by atoms with Gasteiger partial charge in [-0.3, -0.25) is 4.79 Å². The van der Waals surface area contributed by atoms with Crippen molar-refractivity contribution >= 4 is 17.5 Å². The van der Waals surface area contributed by atoms with E-state index in [0.29, 0.717) is 23.6 Å². The molecule has 12 heavy (non-hydrogen) atoms. The van der Waals surface area contributed by atoms with Gasteiger partial charge < -0.3 is 5.73 Å². The summed E-state index contributed by atoms with van der Waals surface area (Å²) in [6, 6.07) is 0. The second kappa shape index (κ2) is 2.77. The molecule has 66 valence electrons. The largest absolute Gasteiger partial charge is 0.369 e. The number of hydrogen-bond acceptors (Lipinski definition) is 1. The minimum atomic E-state index is -0.183. The van der Waals surface area contributed by atoms with Crippen LogP contribution in [0.15, 0.2) is 12.2 Å². The van der Waals surface area contributed by atoms with E-state index in [1.165, 1.54) is 0 Å². The molecule has 0 aromatic carbocycles. The summed E-state index contributed by atoms with van der Waals surface area (Å²) in [6.45, 7) is 0. The van der Waals surface area contributed by atoms with Crippen LogP contribution in [0.3, 0.4) is 0 Å². The zero-order valence-electron chi connectivity index (χ0n) is 6.74. The summed E-state index contributed by atoms with van der Waals surface area (Å²) in [4.78, 5) is 11.1. The van der Waals surface area contributed by atoms with Gasteiger partial charge in [-0.15, -0.1) is 11.6 Å².